The van der Waals surface area contributed by atoms with Crippen molar-refractivity contribution in [2.24, 2.45) is 0 Å². The highest BCUT2D eigenvalue weighted by atomic mass is 16.5. The second-order valence-electron chi connectivity index (χ2n) is 2.97. The van der Waals surface area contributed by atoms with Gasteiger partial charge in [0.15, 0.2) is 0 Å². The Kier molecular flexibility index (Phi) is 2.74. The number of ether oxygens (including phenoxy) is 1. The molecule has 1 rings (SSSR count). The number of methoxy groups -OCH3 is 1. The first-order valence-electron chi connectivity index (χ1n) is 4.16. The molecule has 3 heteroatoms. The number of carbonyl (C=O) groups excluding carboxylic acids is 1. The topological polar surface area (TPSA) is 29.5 Å². The number of hydrogen-bond acceptors (Lipinski definition) is 3. The molecule has 68 valence electrons. The molecule has 1 heterocycles. The van der Waals surface area contributed by atoms with Crippen LogP contribution >= 0.6 is 0 Å². The average molecular weight is 169 g/mol. The number of nitrogens with zero attached hydrogens (tertiary/aromatic N) is 1. The van der Waals surface area contributed by atoms with Crippen LogP contribution in [-0.4, -0.2) is 31.1 Å². The van der Waals surface area contributed by atoms with Gasteiger partial charge in [0.1, 0.15) is 6.04 Å². The van der Waals surface area contributed by atoms with Gasteiger partial charge in [0.25, 0.3) is 0 Å². The fourth-order valence-corrected chi connectivity index (χ4v) is 1.61. The molecule has 1 unspecified atom stereocenters. The Morgan fingerprint density at radius 3 is 2.83 bits per heavy atom. The van der Waals surface area contributed by atoms with Crippen molar-refractivity contribution >= 4 is 5.97 Å². The summed E-state index contributed by atoms with van der Waals surface area (Å²) in [5.74, 6) is -0.130. The zero-order chi connectivity index (χ0) is 9.14. The molecule has 12 heavy (non-hydrogen) atoms. The standard InChI is InChI=1S/C9H15NO2/c1-4-7-5-6-8(10(7)2)9(11)12-3/h4,8H,5-6H2,1-3H3/b7-4+. The van der Waals surface area contributed by atoms with Crippen LogP contribution in [0.1, 0.15) is 19.8 Å². The minimum absolute atomic E-state index is 0.0683. The van der Waals surface area contributed by atoms with E-state index < -0.39 is 0 Å². The Balaban J connectivity index is 2.67. The maximum Gasteiger partial charge on any atom is 0.328 e. The lowest BCUT2D eigenvalue weighted by Crippen LogP contribution is -2.32. The normalized spacial score (nSPS) is 26.4. The summed E-state index contributed by atoms with van der Waals surface area (Å²) in [6.07, 6.45) is 3.90. The predicted molar refractivity (Wildman–Crippen MR) is 46.6 cm³/mol. The summed E-state index contributed by atoms with van der Waals surface area (Å²) in [7, 11) is 3.37. The van der Waals surface area contributed by atoms with Gasteiger partial charge in [-0.3, -0.25) is 0 Å². The number of carbonyl (C=O) groups is 1. The molecule has 0 saturated carbocycles. The molecule has 0 aromatic carbocycles. The van der Waals surface area contributed by atoms with E-state index in [4.69, 9.17) is 0 Å². The van der Waals surface area contributed by atoms with Gasteiger partial charge >= 0.3 is 5.97 Å². The van der Waals surface area contributed by atoms with Crippen molar-refractivity contribution in [2.45, 2.75) is 25.8 Å². The highest BCUT2D eigenvalue weighted by molar-refractivity contribution is 5.76. The maximum absolute atomic E-state index is 11.2. The Hall–Kier alpha value is -0.990. The van der Waals surface area contributed by atoms with Crippen LogP contribution in [0.25, 0.3) is 0 Å². The fraction of sp³-hybridized carbons (Fsp3) is 0.667. The number of rotatable bonds is 1. The molecule has 1 atom stereocenters. The second kappa shape index (κ2) is 3.61. The summed E-state index contributed by atoms with van der Waals surface area (Å²) in [6.45, 7) is 1.99. The van der Waals surface area contributed by atoms with Crippen molar-refractivity contribution < 1.29 is 9.53 Å². The molecule has 1 aliphatic heterocycles. The third-order valence-corrected chi connectivity index (χ3v) is 2.40. The van der Waals surface area contributed by atoms with Gasteiger partial charge in [-0.15, -0.1) is 0 Å². The van der Waals surface area contributed by atoms with E-state index in [1.165, 1.54) is 12.8 Å². The van der Waals surface area contributed by atoms with Gasteiger partial charge < -0.3 is 9.64 Å². The summed E-state index contributed by atoms with van der Waals surface area (Å²) >= 11 is 0. The summed E-state index contributed by atoms with van der Waals surface area (Å²) in [5.41, 5.74) is 1.23. The molecule has 0 aromatic rings. The maximum atomic E-state index is 11.2. The van der Waals surface area contributed by atoms with E-state index in [1.807, 2.05) is 24.9 Å². The Labute approximate surface area is 73.0 Å². The fourth-order valence-electron chi connectivity index (χ4n) is 1.61. The van der Waals surface area contributed by atoms with Crippen molar-refractivity contribution in [3.8, 4) is 0 Å². The monoisotopic (exact) mass is 169 g/mol. The van der Waals surface area contributed by atoms with E-state index in [0.717, 1.165) is 12.8 Å². The minimum Gasteiger partial charge on any atom is -0.467 e. The van der Waals surface area contributed by atoms with Gasteiger partial charge in [0.05, 0.1) is 7.11 Å². The van der Waals surface area contributed by atoms with E-state index in [2.05, 4.69) is 4.74 Å². The molecule has 0 bridgehead atoms. The number of allylic oxidation sites excluding steroid dienone is 2. The molecule has 0 amide bonds. The third kappa shape index (κ3) is 1.44. The number of likely N-dealkylation sites (tertiary alicyclic amines) is 1. The highest BCUT2D eigenvalue weighted by Crippen LogP contribution is 2.25. The SMILES string of the molecule is C/C=C1\CCC(C(=O)OC)N1C. The molecular weight excluding hydrogens is 154 g/mol. The van der Waals surface area contributed by atoms with E-state index in [-0.39, 0.29) is 12.0 Å². The molecule has 0 aliphatic carbocycles. The lowest BCUT2D eigenvalue weighted by Gasteiger charge is -2.20. The lowest BCUT2D eigenvalue weighted by atomic mass is 10.2. The van der Waals surface area contributed by atoms with Crippen molar-refractivity contribution in [1.82, 2.24) is 4.90 Å². The van der Waals surface area contributed by atoms with Crippen LogP contribution in [0.3, 0.4) is 0 Å². The first-order chi connectivity index (χ1) is 5.70. The van der Waals surface area contributed by atoms with Gasteiger partial charge in [0, 0.05) is 12.7 Å². The van der Waals surface area contributed by atoms with Crippen LogP contribution in [0.15, 0.2) is 11.8 Å². The largest absolute Gasteiger partial charge is 0.467 e. The third-order valence-electron chi connectivity index (χ3n) is 2.40. The van der Waals surface area contributed by atoms with Crippen molar-refractivity contribution in [3.05, 3.63) is 11.8 Å². The molecular formula is C9H15NO2. The number of hydrogen-bond donors (Lipinski definition) is 0. The van der Waals surface area contributed by atoms with E-state index >= 15 is 0 Å². The summed E-state index contributed by atoms with van der Waals surface area (Å²) in [5, 5.41) is 0. The molecule has 0 aromatic heterocycles. The molecule has 1 fully saturated rings. The molecule has 0 radical (unpaired) electrons. The zero-order valence-electron chi connectivity index (χ0n) is 7.83. The first-order valence-corrected chi connectivity index (χ1v) is 4.16. The van der Waals surface area contributed by atoms with Gasteiger partial charge in [0.2, 0.25) is 0 Å². The summed E-state index contributed by atoms with van der Waals surface area (Å²) < 4.78 is 4.69. The van der Waals surface area contributed by atoms with Crippen molar-refractivity contribution in [3.63, 3.8) is 0 Å². The zero-order valence-corrected chi connectivity index (χ0v) is 7.83. The second-order valence-corrected chi connectivity index (χ2v) is 2.97. The number of likely N-dealkylation sites (N-methyl/N-ethyl adjacent to an activating group) is 1. The van der Waals surface area contributed by atoms with Crippen LogP contribution in [0.5, 0.6) is 0 Å². The smallest absolute Gasteiger partial charge is 0.328 e. The van der Waals surface area contributed by atoms with E-state index in [0.29, 0.717) is 0 Å². The average Bonchev–Trinajstić information content (AvgIpc) is 2.45. The van der Waals surface area contributed by atoms with Crippen LogP contribution in [0, 0.1) is 0 Å². The molecule has 0 spiro atoms. The van der Waals surface area contributed by atoms with Crippen molar-refractivity contribution in [1.29, 1.82) is 0 Å². The quantitative estimate of drug-likeness (QED) is 0.552. The van der Waals surface area contributed by atoms with Crippen molar-refractivity contribution in [2.75, 3.05) is 14.2 Å². The Morgan fingerprint density at radius 1 is 1.75 bits per heavy atom. The van der Waals surface area contributed by atoms with Gasteiger partial charge in [-0.25, -0.2) is 4.79 Å². The Morgan fingerprint density at radius 2 is 2.42 bits per heavy atom. The molecule has 0 N–H and O–H groups in total. The van der Waals surface area contributed by atoms with Crippen LogP contribution in [-0.2, 0) is 9.53 Å². The van der Waals surface area contributed by atoms with E-state index in [1.54, 1.807) is 0 Å². The summed E-state index contributed by atoms with van der Waals surface area (Å²) in [4.78, 5) is 13.2. The summed E-state index contributed by atoms with van der Waals surface area (Å²) in [6, 6.07) is -0.0683. The Bertz CT molecular complexity index is 211. The van der Waals surface area contributed by atoms with Crippen LogP contribution in [0.2, 0.25) is 0 Å². The predicted octanol–water partition coefficient (Wildman–Crippen LogP) is 1.16. The molecule has 1 aliphatic rings. The lowest BCUT2D eigenvalue weighted by molar-refractivity contribution is -0.145. The van der Waals surface area contributed by atoms with Crippen LogP contribution < -0.4 is 0 Å². The van der Waals surface area contributed by atoms with Gasteiger partial charge in [-0.05, 0) is 19.8 Å². The van der Waals surface area contributed by atoms with Crippen LogP contribution in [0.4, 0.5) is 0 Å². The minimum atomic E-state index is -0.130. The molecule has 1 saturated heterocycles. The molecule has 3 nitrogen and oxygen atoms in total. The number of esters is 1. The van der Waals surface area contributed by atoms with Gasteiger partial charge in [-0.2, -0.15) is 0 Å². The van der Waals surface area contributed by atoms with Gasteiger partial charge in [-0.1, -0.05) is 6.08 Å². The van der Waals surface area contributed by atoms with E-state index in [9.17, 15) is 4.79 Å². The first kappa shape index (κ1) is 9.10. The highest BCUT2D eigenvalue weighted by Gasteiger charge is 2.30.